The molecule has 0 aliphatic rings. The number of methoxy groups -OCH3 is 1. The SMILES string of the molecule is CCC(CC#N)N(C)C(C)COC. The van der Waals surface area contributed by atoms with Crippen LogP contribution in [0.15, 0.2) is 0 Å². The van der Waals surface area contributed by atoms with E-state index >= 15 is 0 Å². The summed E-state index contributed by atoms with van der Waals surface area (Å²) in [5.41, 5.74) is 0. The maximum atomic E-state index is 8.62. The summed E-state index contributed by atoms with van der Waals surface area (Å²) in [6, 6.07) is 2.95. The Balaban J connectivity index is 4.03. The second-order valence-electron chi connectivity index (χ2n) is 3.39. The lowest BCUT2D eigenvalue weighted by molar-refractivity contribution is 0.0887. The van der Waals surface area contributed by atoms with Crippen molar-refractivity contribution < 1.29 is 4.74 Å². The largest absolute Gasteiger partial charge is 0.383 e. The van der Waals surface area contributed by atoms with Crippen molar-refractivity contribution in [1.82, 2.24) is 4.90 Å². The van der Waals surface area contributed by atoms with Crippen molar-refractivity contribution >= 4 is 0 Å². The van der Waals surface area contributed by atoms with Gasteiger partial charge in [0.05, 0.1) is 19.1 Å². The van der Waals surface area contributed by atoms with Gasteiger partial charge >= 0.3 is 0 Å². The summed E-state index contributed by atoms with van der Waals surface area (Å²) in [5, 5.41) is 8.62. The van der Waals surface area contributed by atoms with E-state index in [1.54, 1.807) is 7.11 Å². The first-order valence-electron chi connectivity index (χ1n) is 4.75. The number of ether oxygens (including phenoxy) is 1. The van der Waals surface area contributed by atoms with Gasteiger partial charge in [-0.2, -0.15) is 5.26 Å². The highest BCUT2D eigenvalue weighted by molar-refractivity contribution is 4.82. The van der Waals surface area contributed by atoms with Gasteiger partial charge in [-0.3, -0.25) is 4.90 Å². The Morgan fingerprint density at radius 3 is 2.54 bits per heavy atom. The first-order valence-corrected chi connectivity index (χ1v) is 4.75. The van der Waals surface area contributed by atoms with Crippen molar-refractivity contribution in [3.63, 3.8) is 0 Å². The molecule has 3 heteroatoms. The molecular weight excluding hydrogens is 164 g/mol. The zero-order valence-corrected chi connectivity index (χ0v) is 9.08. The molecule has 13 heavy (non-hydrogen) atoms. The molecular formula is C10H20N2O. The lowest BCUT2D eigenvalue weighted by Gasteiger charge is -2.30. The third-order valence-electron chi connectivity index (χ3n) is 2.48. The van der Waals surface area contributed by atoms with Gasteiger partial charge in [0.1, 0.15) is 0 Å². The maximum absolute atomic E-state index is 8.62. The normalized spacial score (nSPS) is 15.4. The minimum atomic E-state index is 0.357. The van der Waals surface area contributed by atoms with Crippen LogP contribution in [-0.4, -0.2) is 37.7 Å². The van der Waals surface area contributed by atoms with Crippen LogP contribution < -0.4 is 0 Å². The summed E-state index contributed by atoms with van der Waals surface area (Å²) in [6.07, 6.45) is 1.61. The molecule has 0 aromatic carbocycles. The average Bonchev–Trinajstić information content (AvgIpc) is 2.13. The maximum Gasteiger partial charge on any atom is 0.0638 e. The van der Waals surface area contributed by atoms with Crippen LogP contribution in [0.5, 0.6) is 0 Å². The van der Waals surface area contributed by atoms with Gasteiger partial charge in [0, 0.05) is 19.2 Å². The highest BCUT2D eigenvalue weighted by Crippen LogP contribution is 2.09. The van der Waals surface area contributed by atoms with E-state index < -0.39 is 0 Å². The Hall–Kier alpha value is -0.590. The number of nitrogens with zero attached hydrogens (tertiary/aromatic N) is 2. The third kappa shape index (κ3) is 4.25. The van der Waals surface area contributed by atoms with E-state index in [-0.39, 0.29) is 0 Å². The molecule has 0 aromatic rings. The fraction of sp³-hybridized carbons (Fsp3) is 0.900. The van der Waals surface area contributed by atoms with Crippen molar-refractivity contribution in [1.29, 1.82) is 5.26 Å². The van der Waals surface area contributed by atoms with Crippen molar-refractivity contribution in [2.24, 2.45) is 0 Å². The van der Waals surface area contributed by atoms with Crippen LogP contribution in [0.25, 0.3) is 0 Å². The lowest BCUT2D eigenvalue weighted by Crippen LogP contribution is -2.40. The van der Waals surface area contributed by atoms with Gasteiger partial charge in [0.2, 0.25) is 0 Å². The Bertz CT molecular complexity index is 165. The quantitative estimate of drug-likeness (QED) is 0.629. The summed E-state index contributed by atoms with van der Waals surface area (Å²) in [6.45, 7) is 4.94. The fourth-order valence-electron chi connectivity index (χ4n) is 1.40. The summed E-state index contributed by atoms with van der Waals surface area (Å²) in [4.78, 5) is 2.22. The molecule has 0 N–H and O–H groups in total. The van der Waals surface area contributed by atoms with Crippen LogP contribution in [0, 0.1) is 11.3 Å². The standard InChI is InChI=1S/C10H20N2O/c1-5-10(6-7-11)12(3)9(2)8-13-4/h9-10H,5-6,8H2,1-4H3. The van der Waals surface area contributed by atoms with Gasteiger partial charge in [-0.15, -0.1) is 0 Å². The van der Waals surface area contributed by atoms with Crippen molar-refractivity contribution in [2.45, 2.75) is 38.8 Å². The van der Waals surface area contributed by atoms with Crippen LogP contribution in [0.3, 0.4) is 0 Å². The van der Waals surface area contributed by atoms with Gasteiger partial charge in [-0.1, -0.05) is 6.92 Å². The third-order valence-corrected chi connectivity index (χ3v) is 2.48. The van der Waals surface area contributed by atoms with Crippen LogP contribution >= 0.6 is 0 Å². The van der Waals surface area contributed by atoms with E-state index in [0.29, 0.717) is 18.5 Å². The highest BCUT2D eigenvalue weighted by Gasteiger charge is 2.17. The van der Waals surface area contributed by atoms with Crippen LogP contribution in [0.1, 0.15) is 26.7 Å². The summed E-state index contributed by atoms with van der Waals surface area (Å²) in [7, 11) is 3.75. The molecule has 0 fully saturated rings. The summed E-state index contributed by atoms with van der Waals surface area (Å²) < 4.78 is 5.07. The molecule has 0 bridgehead atoms. The number of nitriles is 1. The molecule has 0 spiro atoms. The number of hydrogen-bond acceptors (Lipinski definition) is 3. The second kappa shape index (κ2) is 6.88. The van der Waals surface area contributed by atoms with Crippen LogP contribution in [-0.2, 0) is 4.74 Å². The lowest BCUT2D eigenvalue weighted by atomic mass is 10.1. The zero-order chi connectivity index (χ0) is 10.3. The van der Waals surface area contributed by atoms with E-state index in [0.717, 1.165) is 13.0 Å². The minimum absolute atomic E-state index is 0.357. The molecule has 0 heterocycles. The number of likely N-dealkylation sites (N-methyl/N-ethyl adjacent to an activating group) is 1. The molecule has 0 radical (unpaired) electrons. The molecule has 3 nitrogen and oxygen atoms in total. The van der Waals surface area contributed by atoms with Crippen LogP contribution in [0.4, 0.5) is 0 Å². The highest BCUT2D eigenvalue weighted by atomic mass is 16.5. The smallest absolute Gasteiger partial charge is 0.0638 e. The Morgan fingerprint density at radius 1 is 1.54 bits per heavy atom. The Morgan fingerprint density at radius 2 is 2.15 bits per heavy atom. The van der Waals surface area contributed by atoms with Gasteiger partial charge in [-0.25, -0.2) is 0 Å². The van der Waals surface area contributed by atoms with Gasteiger partial charge in [-0.05, 0) is 20.4 Å². The molecule has 0 aromatic heterocycles. The van der Waals surface area contributed by atoms with Crippen molar-refractivity contribution in [3.8, 4) is 6.07 Å². The topological polar surface area (TPSA) is 36.3 Å². The second-order valence-corrected chi connectivity index (χ2v) is 3.39. The van der Waals surface area contributed by atoms with Crippen molar-refractivity contribution in [3.05, 3.63) is 0 Å². The molecule has 0 aliphatic carbocycles. The fourth-order valence-corrected chi connectivity index (χ4v) is 1.40. The van der Waals surface area contributed by atoms with Gasteiger partial charge in [0.15, 0.2) is 0 Å². The molecule has 76 valence electrons. The number of rotatable bonds is 6. The average molecular weight is 184 g/mol. The first-order chi connectivity index (χ1) is 6.17. The van der Waals surface area contributed by atoms with E-state index in [2.05, 4.69) is 31.9 Å². The monoisotopic (exact) mass is 184 g/mol. The predicted octanol–water partition coefficient (Wildman–Crippen LogP) is 1.65. The zero-order valence-electron chi connectivity index (χ0n) is 9.08. The van der Waals surface area contributed by atoms with E-state index in [1.807, 2.05) is 0 Å². The van der Waals surface area contributed by atoms with Gasteiger partial charge < -0.3 is 4.74 Å². The molecule has 0 saturated heterocycles. The molecule has 0 aliphatic heterocycles. The van der Waals surface area contributed by atoms with E-state index in [9.17, 15) is 0 Å². The molecule has 0 amide bonds. The summed E-state index contributed by atoms with van der Waals surface area (Å²) in [5.74, 6) is 0. The number of hydrogen-bond donors (Lipinski definition) is 0. The molecule has 0 rings (SSSR count). The Labute approximate surface area is 81.3 Å². The molecule has 2 atom stereocenters. The molecule has 2 unspecified atom stereocenters. The van der Waals surface area contributed by atoms with E-state index in [1.165, 1.54) is 0 Å². The van der Waals surface area contributed by atoms with E-state index in [4.69, 9.17) is 10.00 Å². The van der Waals surface area contributed by atoms with Crippen LogP contribution in [0.2, 0.25) is 0 Å². The molecule has 0 saturated carbocycles. The van der Waals surface area contributed by atoms with Gasteiger partial charge in [0.25, 0.3) is 0 Å². The summed E-state index contributed by atoms with van der Waals surface area (Å²) >= 11 is 0. The predicted molar refractivity (Wildman–Crippen MR) is 53.4 cm³/mol. The van der Waals surface area contributed by atoms with Crippen molar-refractivity contribution in [2.75, 3.05) is 20.8 Å². The minimum Gasteiger partial charge on any atom is -0.383 e. The Kier molecular flexibility index (Phi) is 6.56. The first kappa shape index (κ1) is 12.4.